The monoisotopic (exact) mass is 321 g/mol. The van der Waals surface area contributed by atoms with E-state index in [1.54, 1.807) is 19.1 Å². The van der Waals surface area contributed by atoms with Gasteiger partial charge in [0.25, 0.3) is 5.91 Å². The van der Waals surface area contributed by atoms with E-state index in [0.29, 0.717) is 29.5 Å². The van der Waals surface area contributed by atoms with Crippen LogP contribution in [0.15, 0.2) is 33.2 Å². The van der Waals surface area contributed by atoms with Crippen molar-refractivity contribution in [3.05, 3.63) is 47.1 Å². The zero-order valence-electron chi connectivity index (χ0n) is 12.9. The molecule has 1 heterocycles. The molecule has 22 heavy (non-hydrogen) atoms. The van der Waals surface area contributed by atoms with Crippen LogP contribution in [-0.2, 0) is 16.1 Å². The molecule has 1 aromatic heterocycles. The van der Waals surface area contributed by atoms with Crippen molar-refractivity contribution in [3.8, 4) is 0 Å². The first-order valence-corrected chi connectivity index (χ1v) is 9.11. The fourth-order valence-electron chi connectivity index (χ4n) is 2.01. The number of carbonyl (C=O) groups excluding carboxylic acids is 1. The predicted octanol–water partition coefficient (Wildman–Crippen LogP) is 2.62. The molecule has 0 radical (unpaired) electrons. The normalized spacial score (nSPS) is 13.6. The average Bonchev–Trinajstić information content (AvgIpc) is 2.84. The molecule has 6 nitrogen and oxygen atoms in total. The molecule has 2 rings (SSSR count). The molecule has 0 saturated heterocycles. The van der Waals surface area contributed by atoms with Gasteiger partial charge in [-0.1, -0.05) is 24.2 Å². The quantitative estimate of drug-likeness (QED) is 0.845. The SMILES string of the molecule is CCCS(C)(=O)=NC(=O)c1ccc(Cc2noc(C)n2)cc1. The van der Waals surface area contributed by atoms with Gasteiger partial charge >= 0.3 is 0 Å². The Balaban J connectivity index is 2.11. The predicted molar refractivity (Wildman–Crippen MR) is 84.3 cm³/mol. The van der Waals surface area contributed by atoms with Gasteiger partial charge in [0.2, 0.25) is 5.89 Å². The largest absolute Gasteiger partial charge is 0.340 e. The molecule has 1 amide bonds. The third kappa shape index (κ3) is 4.49. The number of nitrogens with zero attached hydrogens (tertiary/aromatic N) is 3. The lowest BCUT2D eigenvalue weighted by Crippen LogP contribution is -2.06. The van der Waals surface area contributed by atoms with Crippen LogP contribution in [0.1, 0.15) is 41.0 Å². The number of aromatic nitrogens is 2. The summed E-state index contributed by atoms with van der Waals surface area (Å²) in [5, 5.41) is 3.83. The second-order valence-corrected chi connectivity index (χ2v) is 7.67. The Morgan fingerprint density at radius 1 is 1.32 bits per heavy atom. The third-order valence-electron chi connectivity index (χ3n) is 2.99. The minimum atomic E-state index is -2.44. The Morgan fingerprint density at radius 3 is 2.55 bits per heavy atom. The highest BCUT2D eigenvalue weighted by Crippen LogP contribution is 2.11. The Hall–Kier alpha value is -2.02. The molecule has 0 N–H and O–H groups in total. The van der Waals surface area contributed by atoms with Crippen LogP contribution in [0.25, 0.3) is 0 Å². The molecule has 118 valence electrons. The topological polar surface area (TPSA) is 85.4 Å². The second-order valence-electron chi connectivity index (χ2n) is 5.16. The van der Waals surface area contributed by atoms with Gasteiger partial charge in [-0.25, -0.2) is 4.21 Å². The molecule has 0 fully saturated rings. The van der Waals surface area contributed by atoms with Gasteiger partial charge in [-0.15, -0.1) is 0 Å². The zero-order valence-corrected chi connectivity index (χ0v) is 13.7. The van der Waals surface area contributed by atoms with Crippen LogP contribution in [0.2, 0.25) is 0 Å². The van der Waals surface area contributed by atoms with Crippen molar-refractivity contribution in [2.75, 3.05) is 12.0 Å². The van der Waals surface area contributed by atoms with Gasteiger partial charge < -0.3 is 4.52 Å². The number of rotatable bonds is 5. The molecule has 0 bridgehead atoms. The molecule has 0 aliphatic heterocycles. The van der Waals surface area contributed by atoms with Gasteiger partial charge in [0.1, 0.15) is 0 Å². The van der Waals surface area contributed by atoms with Crippen LogP contribution in [0.4, 0.5) is 0 Å². The summed E-state index contributed by atoms with van der Waals surface area (Å²) in [6, 6.07) is 6.97. The number of hydrogen-bond donors (Lipinski definition) is 0. The van der Waals surface area contributed by atoms with Crippen molar-refractivity contribution in [1.82, 2.24) is 10.1 Å². The minimum absolute atomic E-state index is 0.425. The van der Waals surface area contributed by atoms with Crippen LogP contribution in [-0.4, -0.2) is 32.3 Å². The number of amides is 1. The lowest BCUT2D eigenvalue weighted by Gasteiger charge is -2.02. The highest BCUT2D eigenvalue weighted by Gasteiger charge is 2.09. The molecule has 0 spiro atoms. The number of benzene rings is 1. The van der Waals surface area contributed by atoms with Crippen LogP contribution in [0.3, 0.4) is 0 Å². The van der Waals surface area contributed by atoms with E-state index in [9.17, 15) is 9.00 Å². The summed E-state index contributed by atoms with van der Waals surface area (Å²) < 4.78 is 20.8. The van der Waals surface area contributed by atoms with Crippen molar-refractivity contribution < 1.29 is 13.5 Å². The Morgan fingerprint density at radius 2 is 2.00 bits per heavy atom. The van der Waals surface area contributed by atoms with Gasteiger partial charge in [-0.2, -0.15) is 9.35 Å². The molecule has 0 aliphatic carbocycles. The molecule has 1 aromatic carbocycles. The van der Waals surface area contributed by atoms with Gasteiger partial charge in [0.15, 0.2) is 5.82 Å². The van der Waals surface area contributed by atoms with Crippen LogP contribution >= 0.6 is 0 Å². The van der Waals surface area contributed by atoms with Crippen LogP contribution < -0.4 is 0 Å². The fourth-order valence-corrected chi connectivity index (χ4v) is 3.32. The first-order chi connectivity index (χ1) is 10.4. The molecule has 1 unspecified atom stereocenters. The Bertz CT molecular complexity index is 772. The first-order valence-electron chi connectivity index (χ1n) is 7.02. The Labute approximate surface area is 130 Å². The molecule has 2 aromatic rings. The lowest BCUT2D eigenvalue weighted by molar-refractivity contribution is 0.100. The maximum Gasteiger partial charge on any atom is 0.285 e. The van der Waals surface area contributed by atoms with Crippen molar-refractivity contribution in [1.29, 1.82) is 0 Å². The van der Waals surface area contributed by atoms with E-state index >= 15 is 0 Å². The highest BCUT2D eigenvalue weighted by atomic mass is 32.2. The van der Waals surface area contributed by atoms with Crippen LogP contribution in [0, 0.1) is 6.92 Å². The average molecular weight is 321 g/mol. The minimum Gasteiger partial charge on any atom is -0.340 e. The number of hydrogen-bond acceptors (Lipinski definition) is 5. The van der Waals surface area contributed by atoms with Crippen molar-refractivity contribution in [3.63, 3.8) is 0 Å². The first kappa shape index (κ1) is 16.4. The third-order valence-corrected chi connectivity index (χ3v) is 4.71. The molecular weight excluding hydrogens is 302 g/mol. The summed E-state index contributed by atoms with van der Waals surface area (Å²) in [7, 11) is -2.44. The van der Waals surface area contributed by atoms with Gasteiger partial charge in [0, 0.05) is 30.9 Å². The maximum absolute atomic E-state index is 12.1. The standard InChI is InChI=1S/C15H19N3O3S/c1-4-9-22(3,20)18-15(19)13-7-5-12(6-8-13)10-14-16-11(2)21-17-14/h5-8H,4,9-10H2,1-3H3. The summed E-state index contributed by atoms with van der Waals surface area (Å²) >= 11 is 0. The van der Waals surface area contributed by atoms with Gasteiger partial charge in [-0.05, 0) is 24.1 Å². The van der Waals surface area contributed by atoms with Crippen molar-refractivity contribution in [2.45, 2.75) is 26.7 Å². The smallest absolute Gasteiger partial charge is 0.285 e. The number of aryl methyl sites for hydroxylation is 1. The molecule has 7 heteroatoms. The summed E-state index contributed by atoms with van der Waals surface area (Å²) in [6.07, 6.45) is 2.78. The van der Waals surface area contributed by atoms with Crippen LogP contribution in [0.5, 0.6) is 0 Å². The second kappa shape index (κ2) is 6.83. The van der Waals surface area contributed by atoms with E-state index in [1.165, 1.54) is 6.26 Å². The Kier molecular flexibility index (Phi) is 5.07. The summed E-state index contributed by atoms with van der Waals surface area (Å²) in [5.74, 6) is 1.10. The zero-order chi connectivity index (χ0) is 16.2. The molecule has 0 saturated carbocycles. The summed E-state index contributed by atoms with van der Waals surface area (Å²) in [4.78, 5) is 16.2. The maximum atomic E-state index is 12.1. The number of carbonyl (C=O) groups is 1. The van der Waals surface area contributed by atoms with Crippen molar-refractivity contribution in [2.24, 2.45) is 4.36 Å². The summed E-state index contributed by atoms with van der Waals surface area (Å²) in [6.45, 7) is 3.65. The van der Waals surface area contributed by atoms with Gasteiger partial charge in [-0.3, -0.25) is 4.79 Å². The summed E-state index contributed by atoms with van der Waals surface area (Å²) in [5.41, 5.74) is 1.39. The highest BCUT2D eigenvalue weighted by molar-refractivity contribution is 7.93. The van der Waals surface area contributed by atoms with E-state index in [0.717, 1.165) is 12.0 Å². The van der Waals surface area contributed by atoms with E-state index in [1.807, 2.05) is 19.1 Å². The molecule has 1 atom stereocenters. The fraction of sp³-hybridized carbons (Fsp3) is 0.400. The van der Waals surface area contributed by atoms with Crippen molar-refractivity contribution >= 4 is 15.6 Å². The van der Waals surface area contributed by atoms with E-state index in [-0.39, 0.29) is 0 Å². The lowest BCUT2D eigenvalue weighted by atomic mass is 10.1. The van der Waals surface area contributed by atoms with E-state index in [2.05, 4.69) is 14.5 Å². The molecule has 0 aliphatic rings. The van der Waals surface area contributed by atoms with E-state index < -0.39 is 15.6 Å². The van der Waals surface area contributed by atoms with E-state index in [4.69, 9.17) is 4.52 Å². The van der Waals surface area contributed by atoms with Gasteiger partial charge in [0.05, 0.1) is 9.73 Å². The molecular formula is C15H19N3O3S.